The number of benzene rings is 2. The minimum absolute atomic E-state index is 0.164. The van der Waals surface area contributed by atoms with Crippen LogP contribution in [0.3, 0.4) is 0 Å². The highest BCUT2D eigenvalue weighted by molar-refractivity contribution is 5.88. The number of anilines is 1. The van der Waals surface area contributed by atoms with E-state index < -0.39 is 0 Å². The first kappa shape index (κ1) is 17.3. The maximum Gasteiger partial charge on any atom is 0.223 e. The molecule has 0 unspecified atom stereocenters. The van der Waals surface area contributed by atoms with E-state index in [-0.39, 0.29) is 11.9 Å². The van der Waals surface area contributed by atoms with E-state index in [0.717, 1.165) is 22.1 Å². The van der Waals surface area contributed by atoms with E-state index in [4.69, 9.17) is 4.74 Å². The molecule has 0 spiro atoms. The smallest absolute Gasteiger partial charge is 0.223 e. The van der Waals surface area contributed by atoms with Crippen molar-refractivity contribution in [3.05, 3.63) is 60.4 Å². The van der Waals surface area contributed by atoms with Gasteiger partial charge in [-0.15, -0.1) is 0 Å². The lowest BCUT2D eigenvalue weighted by Crippen LogP contribution is -2.57. The first-order valence-electron chi connectivity index (χ1n) is 9.10. The van der Waals surface area contributed by atoms with Crippen molar-refractivity contribution in [1.29, 1.82) is 0 Å². The van der Waals surface area contributed by atoms with Gasteiger partial charge in [0.25, 0.3) is 0 Å². The number of amides is 1. The second-order valence-electron chi connectivity index (χ2n) is 6.68. The van der Waals surface area contributed by atoms with Gasteiger partial charge in [-0.1, -0.05) is 30.3 Å². The number of fused-ring (bicyclic) bond motifs is 1. The van der Waals surface area contributed by atoms with Gasteiger partial charge in [0.05, 0.1) is 13.2 Å². The zero-order valence-electron chi connectivity index (χ0n) is 15.3. The Morgan fingerprint density at radius 1 is 1.15 bits per heavy atom. The molecule has 1 saturated heterocycles. The van der Waals surface area contributed by atoms with Crippen LogP contribution in [0.1, 0.15) is 12.0 Å². The summed E-state index contributed by atoms with van der Waals surface area (Å²) in [5, 5.41) is 5.55. The fourth-order valence-electron chi connectivity index (χ4n) is 3.48. The summed E-state index contributed by atoms with van der Waals surface area (Å²) in [6.45, 7) is 1.37. The number of hydrogen-bond donors (Lipinski definition) is 1. The maximum atomic E-state index is 12.6. The number of nitrogens with zero attached hydrogens (tertiary/aromatic N) is 3. The third kappa shape index (κ3) is 3.69. The number of methoxy groups -OCH3 is 1. The lowest BCUT2D eigenvalue weighted by Gasteiger charge is -2.39. The van der Waals surface area contributed by atoms with E-state index in [1.165, 1.54) is 0 Å². The molecule has 6 nitrogen and oxygen atoms in total. The highest BCUT2D eigenvalue weighted by atomic mass is 16.5. The van der Waals surface area contributed by atoms with Crippen LogP contribution in [-0.2, 0) is 11.2 Å². The predicted molar refractivity (Wildman–Crippen MR) is 105 cm³/mol. The van der Waals surface area contributed by atoms with Crippen LogP contribution in [0.25, 0.3) is 10.8 Å². The van der Waals surface area contributed by atoms with Crippen molar-refractivity contribution in [1.82, 2.24) is 14.9 Å². The molecular weight excluding hydrogens is 340 g/mol. The predicted octanol–water partition coefficient (Wildman–Crippen LogP) is 2.89. The van der Waals surface area contributed by atoms with Gasteiger partial charge in [-0.3, -0.25) is 4.79 Å². The molecule has 27 heavy (non-hydrogen) atoms. The summed E-state index contributed by atoms with van der Waals surface area (Å²) in [6, 6.07) is 14.2. The Balaban J connectivity index is 1.36. The van der Waals surface area contributed by atoms with Gasteiger partial charge in [0.2, 0.25) is 11.9 Å². The molecule has 0 atom stereocenters. The van der Waals surface area contributed by atoms with Crippen LogP contribution in [0.4, 0.5) is 5.95 Å². The first-order valence-corrected chi connectivity index (χ1v) is 9.10. The third-order valence-corrected chi connectivity index (χ3v) is 4.94. The van der Waals surface area contributed by atoms with Crippen molar-refractivity contribution < 1.29 is 9.53 Å². The van der Waals surface area contributed by atoms with Crippen molar-refractivity contribution in [2.24, 2.45) is 0 Å². The molecule has 1 fully saturated rings. The summed E-state index contributed by atoms with van der Waals surface area (Å²) < 4.78 is 5.52. The Bertz CT molecular complexity index is 939. The molecule has 138 valence electrons. The SMILES string of the molecule is COc1ccc2ccccc2c1CCC(=O)N1CC(Nc2ncccn2)C1. The van der Waals surface area contributed by atoms with Crippen LogP contribution >= 0.6 is 0 Å². The van der Waals surface area contributed by atoms with E-state index in [9.17, 15) is 4.79 Å². The Morgan fingerprint density at radius 3 is 2.70 bits per heavy atom. The van der Waals surface area contributed by atoms with Crippen LogP contribution in [0.15, 0.2) is 54.9 Å². The van der Waals surface area contributed by atoms with E-state index in [2.05, 4.69) is 33.5 Å². The van der Waals surface area contributed by atoms with Crippen LogP contribution < -0.4 is 10.1 Å². The molecule has 1 aliphatic rings. The zero-order chi connectivity index (χ0) is 18.6. The first-order chi connectivity index (χ1) is 13.2. The number of likely N-dealkylation sites (tertiary alicyclic amines) is 1. The van der Waals surface area contributed by atoms with Gasteiger partial charge in [0, 0.05) is 37.5 Å². The fourth-order valence-corrected chi connectivity index (χ4v) is 3.48. The quantitative estimate of drug-likeness (QED) is 0.730. The van der Waals surface area contributed by atoms with Crippen LogP contribution in [-0.4, -0.2) is 47.0 Å². The van der Waals surface area contributed by atoms with E-state index in [1.54, 1.807) is 25.6 Å². The van der Waals surface area contributed by atoms with Gasteiger partial charge >= 0.3 is 0 Å². The van der Waals surface area contributed by atoms with Gasteiger partial charge < -0.3 is 15.0 Å². The van der Waals surface area contributed by atoms with Crippen molar-refractivity contribution in [2.45, 2.75) is 18.9 Å². The standard InChI is InChI=1S/C21H22N4O2/c1-27-19-9-7-15-5-2-3-6-17(15)18(19)8-10-20(26)25-13-16(14-25)24-21-22-11-4-12-23-21/h2-7,9,11-12,16H,8,10,13-14H2,1H3,(H,22,23,24). The number of carbonyl (C=O) groups is 1. The fraction of sp³-hybridized carbons (Fsp3) is 0.286. The number of aryl methyl sites for hydroxylation is 1. The molecule has 0 aliphatic carbocycles. The normalized spacial score (nSPS) is 14.0. The minimum Gasteiger partial charge on any atom is -0.496 e. The van der Waals surface area contributed by atoms with Crippen LogP contribution in [0.2, 0.25) is 0 Å². The Kier molecular flexibility index (Phi) is 4.87. The summed E-state index contributed by atoms with van der Waals surface area (Å²) in [5.74, 6) is 1.61. The molecule has 2 heterocycles. The Morgan fingerprint density at radius 2 is 1.93 bits per heavy atom. The Hall–Kier alpha value is -3.15. The molecule has 3 aromatic rings. The van der Waals surface area contributed by atoms with Gasteiger partial charge in [-0.25, -0.2) is 9.97 Å². The minimum atomic E-state index is 0.164. The average Bonchev–Trinajstić information content (AvgIpc) is 2.69. The van der Waals surface area contributed by atoms with Gasteiger partial charge in [-0.05, 0) is 29.3 Å². The molecule has 1 N–H and O–H groups in total. The van der Waals surface area contributed by atoms with Crippen molar-refractivity contribution in [2.75, 3.05) is 25.5 Å². The molecule has 1 aromatic heterocycles. The van der Waals surface area contributed by atoms with Crippen LogP contribution in [0.5, 0.6) is 5.75 Å². The lowest BCUT2D eigenvalue weighted by atomic mass is 9.98. The summed E-state index contributed by atoms with van der Waals surface area (Å²) >= 11 is 0. The largest absolute Gasteiger partial charge is 0.496 e. The molecule has 6 heteroatoms. The molecule has 2 aromatic carbocycles. The van der Waals surface area contributed by atoms with Gasteiger partial charge in [0.15, 0.2) is 0 Å². The highest BCUT2D eigenvalue weighted by Gasteiger charge is 2.30. The summed E-state index contributed by atoms with van der Waals surface area (Å²) in [6.07, 6.45) is 4.54. The van der Waals surface area contributed by atoms with Gasteiger partial charge in [-0.2, -0.15) is 0 Å². The summed E-state index contributed by atoms with van der Waals surface area (Å²) in [7, 11) is 1.67. The van der Waals surface area contributed by atoms with Crippen LogP contribution in [0, 0.1) is 0 Å². The third-order valence-electron chi connectivity index (χ3n) is 4.94. The number of nitrogens with one attached hydrogen (secondary N) is 1. The van der Waals surface area contributed by atoms with Crippen molar-refractivity contribution >= 4 is 22.6 Å². The molecule has 1 aliphatic heterocycles. The zero-order valence-corrected chi connectivity index (χ0v) is 15.3. The number of hydrogen-bond acceptors (Lipinski definition) is 5. The number of aromatic nitrogens is 2. The highest BCUT2D eigenvalue weighted by Crippen LogP contribution is 2.29. The molecule has 4 rings (SSSR count). The molecular formula is C21H22N4O2. The lowest BCUT2D eigenvalue weighted by molar-refractivity contribution is -0.135. The van der Waals surface area contributed by atoms with E-state index in [0.29, 0.717) is 31.9 Å². The van der Waals surface area contributed by atoms with Crippen molar-refractivity contribution in [3.8, 4) is 5.75 Å². The van der Waals surface area contributed by atoms with Crippen molar-refractivity contribution in [3.63, 3.8) is 0 Å². The molecule has 0 saturated carbocycles. The second kappa shape index (κ2) is 7.61. The molecule has 0 radical (unpaired) electrons. The second-order valence-corrected chi connectivity index (χ2v) is 6.68. The number of carbonyl (C=O) groups excluding carboxylic acids is 1. The summed E-state index contributed by atoms with van der Waals surface area (Å²) in [4.78, 5) is 22.7. The maximum absolute atomic E-state index is 12.6. The average molecular weight is 362 g/mol. The number of rotatable bonds is 6. The van der Waals surface area contributed by atoms with Gasteiger partial charge in [0.1, 0.15) is 5.75 Å². The topological polar surface area (TPSA) is 67.3 Å². The molecule has 0 bridgehead atoms. The van der Waals surface area contributed by atoms with E-state index >= 15 is 0 Å². The monoisotopic (exact) mass is 362 g/mol. The Labute approximate surface area is 158 Å². The number of ether oxygens (including phenoxy) is 1. The summed E-state index contributed by atoms with van der Waals surface area (Å²) in [5.41, 5.74) is 1.09. The van der Waals surface area contributed by atoms with E-state index in [1.807, 2.05) is 23.1 Å². The molecule has 1 amide bonds.